The summed E-state index contributed by atoms with van der Waals surface area (Å²) in [4.78, 5) is 27.6. The highest BCUT2D eigenvalue weighted by molar-refractivity contribution is 7.92. The van der Waals surface area contributed by atoms with Crippen molar-refractivity contribution in [3.05, 3.63) is 58.1 Å². The normalized spacial score (nSPS) is 12.2. The van der Waals surface area contributed by atoms with E-state index in [1.165, 1.54) is 4.90 Å². The van der Waals surface area contributed by atoms with Gasteiger partial charge in [-0.2, -0.15) is 0 Å². The van der Waals surface area contributed by atoms with E-state index in [9.17, 15) is 18.0 Å². The highest BCUT2D eigenvalue weighted by Crippen LogP contribution is 2.25. The molecule has 8 nitrogen and oxygen atoms in total. The van der Waals surface area contributed by atoms with Crippen LogP contribution in [0.15, 0.2) is 42.5 Å². The summed E-state index contributed by atoms with van der Waals surface area (Å²) in [7, 11) is -3.82. The second kappa shape index (κ2) is 12.5. The third-order valence-corrected chi connectivity index (χ3v) is 6.93. The Bertz CT molecular complexity index is 1140. The Labute approximate surface area is 217 Å². The lowest BCUT2D eigenvalue weighted by atomic mass is 10.1. The van der Waals surface area contributed by atoms with Crippen molar-refractivity contribution >= 4 is 50.7 Å². The van der Waals surface area contributed by atoms with Crippen LogP contribution in [0.2, 0.25) is 10.0 Å². The van der Waals surface area contributed by atoms with Gasteiger partial charge in [-0.25, -0.2) is 8.42 Å². The Hall–Kier alpha value is -2.49. The molecule has 0 spiro atoms. The second-order valence-corrected chi connectivity index (χ2v) is 11.0. The summed E-state index contributed by atoms with van der Waals surface area (Å²) < 4.78 is 31.6. The second-order valence-electron chi connectivity index (χ2n) is 8.31. The van der Waals surface area contributed by atoms with Crippen LogP contribution in [0.5, 0.6) is 5.75 Å². The summed E-state index contributed by atoms with van der Waals surface area (Å²) >= 11 is 12.1. The number of benzene rings is 2. The summed E-state index contributed by atoms with van der Waals surface area (Å²) in [6, 6.07) is 10.3. The predicted octanol–water partition coefficient (Wildman–Crippen LogP) is 4.10. The van der Waals surface area contributed by atoms with Crippen LogP contribution in [0.4, 0.5) is 5.69 Å². The highest BCUT2D eigenvalue weighted by atomic mass is 35.5. The van der Waals surface area contributed by atoms with Gasteiger partial charge in [0, 0.05) is 12.6 Å². The number of hydrogen-bond donors (Lipinski definition) is 1. The Morgan fingerprint density at radius 3 is 2.17 bits per heavy atom. The van der Waals surface area contributed by atoms with Gasteiger partial charge >= 0.3 is 0 Å². The van der Waals surface area contributed by atoms with Crippen molar-refractivity contribution in [3.63, 3.8) is 0 Å². The standard InChI is InChI=1S/C24H31Cl2N3O5S/c1-6-34-20-10-8-19(9-11-20)29(35(5,32)33)15-23(30)28(17(4)24(31)27-16(2)3)14-18-7-12-21(25)22(26)13-18/h7-13,16-17H,6,14-15H2,1-5H3,(H,27,31)/t17-/m1/s1. The zero-order chi connectivity index (χ0) is 26.3. The summed E-state index contributed by atoms with van der Waals surface area (Å²) in [6.45, 7) is 7.06. The van der Waals surface area contributed by atoms with E-state index < -0.39 is 28.5 Å². The molecule has 0 aliphatic carbocycles. The SMILES string of the molecule is CCOc1ccc(N(CC(=O)N(Cc2ccc(Cl)c(Cl)c2)[C@H](C)C(=O)NC(C)C)S(C)(=O)=O)cc1. The zero-order valence-electron chi connectivity index (χ0n) is 20.4. The molecule has 1 N–H and O–H groups in total. The first-order valence-corrected chi connectivity index (χ1v) is 13.7. The molecule has 0 bridgehead atoms. The Morgan fingerprint density at radius 1 is 1.03 bits per heavy atom. The number of carbonyl (C=O) groups is 2. The lowest BCUT2D eigenvalue weighted by Crippen LogP contribution is -2.52. The molecule has 0 heterocycles. The highest BCUT2D eigenvalue weighted by Gasteiger charge is 2.30. The Morgan fingerprint density at radius 2 is 1.66 bits per heavy atom. The zero-order valence-corrected chi connectivity index (χ0v) is 22.7. The van der Waals surface area contributed by atoms with Crippen molar-refractivity contribution in [1.29, 1.82) is 0 Å². The fraction of sp³-hybridized carbons (Fsp3) is 0.417. The molecule has 0 radical (unpaired) electrons. The molecule has 0 fully saturated rings. The first kappa shape index (κ1) is 28.7. The first-order valence-electron chi connectivity index (χ1n) is 11.1. The van der Waals surface area contributed by atoms with E-state index in [2.05, 4.69) is 5.32 Å². The van der Waals surface area contributed by atoms with Crippen molar-refractivity contribution in [2.45, 2.75) is 46.3 Å². The van der Waals surface area contributed by atoms with Crippen molar-refractivity contribution in [2.24, 2.45) is 0 Å². The summed E-state index contributed by atoms with van der Waals surface area (Å²) in [5, 5.41) is 3.46. The number of rotatable bonds is 11. The number of carbonyl (C=O) groups excluding carboxylic acids is 2. The van der Waals surface area contributed by atoms with E-state index in [0.717, 1.165) is 10.6 Å². The number of nitrogens with one attached hydrogen (secondary N) is 1. The van der Waals surface area contributed by atoms with Gasteiger partial charge in [-0.15, -0.1) is 0 Å². The van der Waals surface area contributed by atoms with Gasteiger partial charge in [0.15, 0.2) is 0 Å². The molecule has 0 aliphatic rings. The Kier molecular flexibility index (Phi) is 10.2. The summed E-state index contributed by atoms with van der Waals surface area (Å²) in [6.07, 6.45) is 1.02. The third kappa shape index (κ3) is 8.30. The molecular weight excluding hydrogens is 513 g/mol. The van der Waals surface area contributed by atoms with E-state index in [0.29, 0.717) is 33.7 Å². The van der Waals surface area contributed by atoms with E-state index in [1.54, 1.807) is 49.4 Å². The Balaban J connectivity index is 2.39. The lowest BCUT2D eigenvalue weighted by molar-refractivity contribution is -0.139. The third-order valence-electron chi connectivity index (χ3n) is 5.05. The molecule has 0 unspecified atom stereocenters. The average Bonchev–Trinajstić information content (AvgIpc) is 2.77. The molecule has 2 rings (SSSR count). The van der Waals surface area contributed by atoms with Crippen molar-refractivity contribution in [2.75, 3.05) is 23.7 Å². The number of anilines is 1. The van der Waals surface area contributed by atoms with Gasteiger partial charge in [0.05, 0.1) is 28.6 Å². The van der Waals surface area contributed by atoms with E-state index in [1.807, 2.05) is 20.8 Å². The minimum Gasteiger partial charge on any atom is -0.494 e. The van der Waals surface area contributed by atoms with Crippen LogP contribution in [-0.2, 0) is 26.2 Å². The maximum Gasteiger partial charge on any atom is 0.244 e. The van der Waals surface area contributed by atoms with Gasteiger partial charge in [-0.1, -0.05) is 29.3 Å². The fourth-order valence-electron chi connectivity index (χ4n) is 3.31. The van der Waals surface area contributed by atoms with Crippen LogP contribution < -0.4 is 14.4 Å². The number of halogens is 2. The fourth-order valence-corrected chi connectivity index (χ4v) is 4.48. The number of sulfonamides is 1. The predicted molar refractivity (Wildman–Crippen MR) is 140 cm³/mol. The van der Waals surface area contributed by atoms with E-state index in [-0.39, 0.29) is 18.5 Å². The smallest absolute Gasteiger partial charge is 0.244 e. The lowest BCUT2D eigenvalue weighted by Gasteiger charge is -2.32. The molecule has 2 amide bonds. The largest absolute Gasteiger partial charge is 0.494 e. The molecule has 192 valence electrons. The molecule has 0 saturated carbocycles. The topological polar surface area (TPSA) is 96.0 Å². The summed E-state index contributed by atoms with van der Waals surface area (Å²) in [5.74, 6) is -0.335. The van der Waals surface area contributed by atoms with Crippen molar-refractivity contribution < 1.29 is 22.7 Å². The van der Waals surface area contributed by atoms with Crippen molar-refractivity contribution in [3.8, 4) is 5.75 Å². The number of ether oxygens (including phenoxy) is 1. The van der Waals surface area contributed by atoms with Gasteiger partial charge in [-0.05, 0) is 69.7 Å². The molecule has 1 atom stereocenters. The maximum atomic E-state index is 13.5. The van der Waals surface area contributed by atoms with Crippen LogP contribution >= 0.6 is 23.2 Å². The molecule has 2 aromatic carbocycles. The van der Waals surface area contributed by atoms with Crippen LogP contribution in [0.1, 0.15) is 33.3 Å². The number of nitrogens with zero attached hydrogens (tertiary/aromatic N) is 2. The van der Waals surface area contributed by atoms with Gasteiger partial charge < -0.3 is 15.0 Å². The van der Waals surface area contributed by atoms with Crippen molar-refractivity contribution in [1.82, 2.24) is 10.2 Å². The molecule has 2 aromatic rings. The van der Waals surface area contributed by atoms with E-state index in [4.69, 9.17) is 27.9 Å². The van der Waals surface area contributed by atoms with Gasteiger partial charge in [0.1, 0.15) is 18.3 Å². The maximum absolute atomic E-state index is 13.5. The molecule has 0 aromatic heterocycles. The van der Waals surface area contributed by atoms with Crippen LogP contribution in [-0.4, -0.2) is 56.6 Å². The molecule has 0 saturated heterocycles. The van der Waals surface area contributed by atoms with Gasteiger partial charge in [0.2, 0.25) is 21.8 Å². The average molecular weight is 545 g/mol. The van der Waals surface area contributed by atoms with E-state index >= 15 is 0 Å². The monoisotopic (exact) mass is 543 g/mol. The minimum absolute atomic E-state index is 0.0310. The van der Waals surface area contributed by atoms with Gasteiger partial charge in [-0.3, -0.25) is 13.9 Å². The molecule has 35 heavy (non-hydrogen) atoms. The molecule has 0 aliphatic heterocycles. The number of hydrogen-bond acceptors (Lipinski definition) is 5. The first-order chi connectivity index (χ1) is 16.3. The van der Waals surface area contributed by atoms with Gasteiger partial charge in [0.25, 0.3) is 0 Å². The minimum atomic E-state index is -3.82. The van der Waals surface area contributed by atoms with Crippen LogP contribution in [0, 0.1) is 0 Å². The molecular formula is C24H31Cl2N3O5S. The quantitative estimate of drug-likeness (QED) is 0.460. The van der Waals surface area contributed by atoms with Crippen LogP contribution in [0.25, 0.3) is 0 Å². The molecule has 11 heteroatoms. The number of amides is 2. The summed E-state index contributed by atoms with van der Waals surface area (Å²) in [5.41, 5.74) is 0.946. The van der Waals surface area contributed by atoms with Crippen LogP contribution in [0.3, 0.4) is 0 Å².